The molecule has 0 aromatic heterocycles. The molecule has 1 aromatic rings. The Hall–Kier alpha value is -2.04. The van der Waals surface area contributed by atoms with E-state index >= 15 is 0 Å². The molecule has 0 aliphatic carbocycles. The van der Waals surface area contributed by atoms with Crippen LogP contribution in [0.5, 0.6) is 5.75 Å². The molecule has 0 spiro atoms. The number of carbonyl (C=O) groups excluding carboxylic acids is 1. The van der Waals surface area contributed by atoms with E-state index in [4.69, 9.17) is 9.94 Å². The average molecular weight is 264 g/mol. The van der Waals surface area contributed by atoms with Gasteiger partial charge in [-0.15, -0.1) is 0 Å². The number of nitrogens with zero attached hydrogens (tertiary/aromatic N) is 2. The topological polar surface area (TPSA) is 62.1 Å². The number of ether oxygens (including phenoxy) is 1. The van der Waals surface area contributed by atoms with E-state index in [0.29, 0.717) is 11.5 Å². The van der Waals surface area contributed by atoms with Gasteiger partial charge in [-0.2, -0.15) is 0 Å². The van der Waals surface area contributed by atoms with Gasteiger partial charge < -0.3 is 14.8 Å². The minimum absolute atomic E-state index is 0.0150. The Morgan fingerprint density at radius 3 is 2.42 bits per heavy atom. The molecule has 19 heavy (non-hydrogen) atoms. The second-order valence-electron chi connectivity index (χ2n) is 4.60. The van der Waals surface area contributed by atoms with Gasteiger partial charge in [0.05, 0.1) is 5.71 Å². The highest BCUT2D eigenvalue weighted by atomic mass is 16.5. The van der Waals surface area contributed by atoms with E-state index in [1.165, 1.54) is 0 Å². The molecule has 0 unspecified atom stereocenters. The molecule has 0 aliphatic rings. The van der Waals surface area contributed by atoms with Crippen molar-refractivity contribution in [3.63, 3.8) is 0 Å². The van der Waals surface area contributed by atoms with Gasteiger partial charge in [0.25, 0.3) is 5.91 Å². The van der Waals surface area contributed by atoms with Gasteiger partial charge in [-0.05, 0) is 50.6 Å². The fourth-order valence-corrected chi connectivity index (χ4v) is 1.38. The fraction of sp³-hybridized carbons (Fsp3) is 0.429. The number of benzene rings is 1. The molecule has 0 aliphatic heterocycles. The molecule has 0 saturated carbocycles. The van der Waals surface area contributed by atoms with Gasteiger partial charge in [-0.1, -0.05) is 5.16 Å². The number of carbonyl (C=O) groups is 1. The van der Waals surface area contributed by atoms with Gasteiger partial charge in [-0.3, -0.25) is 4.79 Å². The van der Waals surface area contributed by atoms with Crippen LogP contribution in [0.2, 0.25) is 0 Å². The van der Waals surface area contributed by atoms with Crippen LogP contribution in [0.4, 0.5) is 0 Å². The lowest BCUT2D eigenvalue weighted by molar-refractivity contribution is -0.133. The van der Waals surface area contributed by atoms with Crippen LogP contribution in [0.15, 0.2) is 29.4 Å². The largest absolute Gasteiger partial charge is 0.484 e. The quantitative estimate of drug-likeness (QED) is 0.503. The van der Waals surface area contributed by atoms with Crippen LogP contribution in [0.3, 0.4) is 0 Å². The summed E-state index contributed by atoms with van der Waals surface area (Å²) in [4.78, 5) is 13.4. The predicted molar refractivity (Wildman–Crippen MR) is 73.8 cm³/mol. The van der Waals surface area contributed by atoms with Crippen molar-refractivity contribution in [1.29, 1.82) is 0 Å². The van der Waals surface area contributed by atoms with Crippen molar-refractivity contribution in [2.45, 2.75) is 26.8 Å². The predicted octanol–water partition coefficient (Wildman–Crippen LogP) is 2.13. The number of amides is 1. The lowest BCUT2D eigenvalue weighted by Crippen LogP contribution is -2.36. The normalized spacial score (nSPS) is 11.5. The first-order valence-electron chi connectivity index (χ1n) is 6.13. The zero-order valence-corrected chi connectivity index (χ0v) is 11.8. The molecule has 0 atom stereocenters. The smallest absolute Gasteiger partial charge is 0.260 e. The van der Waals surface area contributed by atoms with Crippen molar-refractivity contribution < 1.29 is 14.7 Å². The van der Waals surface area contributed by atoms with E-state index in [2.05, 4.69) is 5.16 Å². The maximum atomic E-state index is 11.7. The highest BCUT2D eigenvalue weighted by Crippen LogP contribution is 2.13. The standard InChI is InChI=1S/C14H20N2O3/c1-10(2)16(4)14(17)9-19-13-7-5-12(6-8-13)11(3)15-18/h5-8,10,18H,9H2,1-4H3/b15-11+. The van der Waals surface area contributed by atoms with Crippen LogP contribution in [0.25, 0.3) is 0 Å². The van der Waals surface area contributed by atoms with E-state index in [9.17, 15) is 4.79 Å². The Kier molecular flexibility index (Phi) is 5.36. The Bertz CT molecular complexity index is 452. The van der Waals surface area contributed by atoms with E-state index in [1.807, 2.05) is 13.8 Å². The first-order chi connectivity index (χ1) is 8.95. The molecule has 104 valence electrons. The van der Waals surface area contributed by atoms with E-state index < -0.39 is 0 Å². The van der Waals surface area contributed by atoms with E-state index in [1.54, 1.807) is 43.1 Å². The second-order valence-corrected chi connectivity index (χ2v) is 4.60. The highest BCUT2D eigenvalue weighted by Gasteiger charge is 2.12. The summed E-state index contributed by atoms with van der Waals surface area (Å²) in [6.45, 7) is 5.62. The van der Waals surface area contributed by atoms with Gasteiger partial charge in [0.2, 0.25) is 0 Å². The van der Waals surface area contributed by atoms with E-state index in [0.717, 1.165) is 5.56 Å². The Morgan fingerprint density at radius 2 is 1.95 bits per heavy atom. The second kappa shape index (κ2) is 6.78. The lowest BCUT2D eigenvalue weighted by atomic mass is 10.1. The summed E-state index contributed by atoms with van der Waals surface area (Å²) < 4.78 is 5.41. The number of oxime groups is 1. The third-order valence-electron chi connectivity index (χ3n) is 2.95. The Labute approximate surface area is 113 Å². The van der Waals surface area contributed by atoms with Crippen LogP contribution in [0.1, 0.15) is 26.3 Å². The van der Waals surface area contributed by atoms with Gasteiger partial charge in [-0.25, -0.2) is 0 Å². The minimum atomic E-state index is -0.0628. The third kappa shape index (κ3) is 4.28. The number of likely N-dealkylation sites (N-methyl/N-ethyl adjacent to an activating group) is 1. The SMILES string of the molecule is C/C(=N\O)c1ccc(OCC(=O)N(C)C(C)C)cc1. The zero-order chi connectivity index (χ0) is 14.4. The van der Waals surface area contributed by atoms with Crippen LogP contribution in [-0.4, -0.2) is 41.4 Å². The fourth-order valence-electron chi connectivity index (χ4n) is 1.38. The van der Waals surface area contributed by atoms with Crippen molar-refractivity contribution in [2.24, 2.45) is 5.16 Å². The molecule has 1 aromatic carbocycles. The van der Waals surface area contributed by atoms with Crippen LogP contribution >= 0.6 is 0 Å². The summed E-state index contributed by atoms with van der Waals surface area (Å²) in [6, 6.07) is 7.20. The molecule has 0 fully saturated rings. The lowest BCUT2D eigenvalue weighted by Gasteiger charge is -2.21. The third-order valence-corrected chi connectivity index (χ3v) is 2.95. The summed E-state index contributed by atoms with van der Waals surface area (Å²) >= 11 is 0. The summed E-state index contributed by atoms with van der Waals surface area (Å²) in [5.74, 6) is 0.548. The van der Waals surface area contributed by atoms with Gasteiger partial charge in [0.15, 0.2) is 6.61 Å². The number of rotatable bonds is 5. The molecule has 1 N–H and O–H groups in total. The van der Waals surface area contributed by atoms with Crippen molar-refractivity contribution in [3.05, 3.63) is 29.8 Å². The molecular weight excluding hydrogens is 244 g/mol. The van der Waals surface area contributed by atoms with Gasteiger partial charge in [0.1, 0.15) is 5.75 Å². The van der Waals surface area contributed by atoms with Crippen LogP contribution in [-0.2, 0) is 4.79 Å². The summed E-state index contributed by atoms with van der Waals surface area (Å²) in [5.41, 5.74) is 1.34. The summed E-state index contributed by atoms with van der Waals surface area (Å²) in [7, 11) is 1.75. The van der Waals surface area contributed by atoms with Crippen molar-refractivity contribution in [2.75, 3.05) is 13.7 Å². The molecule has 0 bridgehead atoms. The molecule has 1 amide bonds. The van der Waals surface area contributed by atoms with Crippen molar-refractivity contribution in [3.8, 4) is 5.75 Å². The monoisotopic (exact) mass is 264 g/mol. The van der Waals surface area contributed by atoms with Crippen molar-refractivity contribution in [1.82, 2.24) is 4.90 Å². The first-order valence-corrected chi connectivity index (χ1v) is 6.13. The molecule has 5 heteroatoms. The van der Waals surface area contributed by atoms with Crippen LogP contribution < -0.4 is 4.74 Å². The highest BCUT2D eigenvalue weighted by molar-refractivity contribution is 5.98. The molecule has 0 radical (unpaired) electrons. The van der Waals surface area contributed by atoms with Gasteiger partial charge >= 0.3 is 0 Å². The maximum Gasteiger partial charge on any atom is 0.260 e. The minimum Gasteiger partial charge on any atom is -0.484 e. The van der Waals surface area contributed by atoms with Crippen LogP contribution in [0, 0.1) is 0 Å². The maximum absolute atomic E-state index is 11.7. The zero-order valence-electron chi connectivity index (χ0n) is 11.8. The van der Waals surface area contributed by atoms with Crippen molar-refractivity contribution >= 4 is 11.6 Å². The summed E-state index contributed by atoms with van der Waals surface area (Å²) in [5, 5.41) is 11.8. The molecule has 0 heterocycles. The molecule has 5 nitrogen and oxygen atoms in total. The molecule has 1 rings (SSSR count). The molecular formula is C14H20N2O3. The first kappa shape index (κ1) is 15.0. The average Bonchev–Trinajstić information content (AvgIpc) is 2.43. The number of hydrogen-bond donors (Lipinski definition) is 1. The number of hydrogen-bond acceptors (Lipinski definition) is 4. The molecule has 0 saturated heterocycles. The van der Waals surface area contributed by atoms with Gasteiger partial charge in [0, 0.05) is 13.1 Å². The summed E-state index contributed by atoms with van der Waals surface area (Å²) in [6.07, 6.45) is 0. The Balaban J connectivity index is 2.57. The Morgan fingerprint density at radius 1 is 1.37 bits per heavy atom. The van der Waals surface area contributed by atoms with E-state index in [-0.39, 0.29) is 18.6 Å².